The first-order valence-electron chi connectivity index (χ1n) is 10.7. The number of rotatable bonds is 9. The lowest BCUT2D eigenvalue weighted by Crippen LogP contribution is -2.38. The average molecular weight is 433 g/mol. The van der Waals surface area contributed by atoms with Gasteiger partial charge in [-0.25, -0.2) is 4.79 Å². The minimum absolute atomic E-state index is 0.207. The molecule has 2 aliphatic rings. The number of aliphatic carboxylic acids is 1. The number of methoxy groups -OCH3 is 1. The summed E-state index contributed by atoms with van der Waals surface area (Å²) in [4.78, 5) is 26.1. The molecule has 8 heteroatoms. The Morgan fingerprint density at radius 3 is 2.71 bits per heavy atom. The molecule has 1 saturated heterocycles. The molecular formula is C23H32N2O6. The Morgan fingerprint density at radius 2 is 2.06 bits per heavy atom. The van der Waals surface area contributed by atoms with E-state index in [9.17, 15) is 14.7 Å². The van der Waals surface area contributed by atoms with Crippen LogP contribution in [0.3, 0.4) is 0 Å². The molecule has 8 nitrogen and oxygen atoms in total. The van der Waals surface area contributed by atoms with Crippen LogP contribution in [-0.4, -0.2) is 61.9 Å². The van der Waals surface area contributed by atoms with E-state index in [0.717, 1.165) is 41.9 Å². The fourth-order valence-electron chi connectivity index (χ4n) is 4.31. The number of nitrogen functional groups attached to an aromatic ring is 1. The van der Waals surface area contributed by atoms with Crippen molar-refractivity contribution in [3.8, 4) is 5.75 Å². The van der Waals surface area contributed by atoms with E-state index in [0.29, 0.717) is 49.5 Å². The molecule has 1 fully saturated rings. The zero-order valence-electron chi connectivity index (χ0n) is 18.5. The molecule has 0 bridgehead atoms. The molecule has 170 valence electrons. The van der Waals surface area contributed by atoms with Crippen LogP contribution in [0.25, 0.3) is 0 Å². The SMILES string of the molecule is COc1c(C)c2c(c(N)c1C/C=C(\C)CC(CCN1CCOCC1)C(=O)O)C(=O)OC2. The fraction of sp³-hybridized carbons (Fsp3) is 0.565. The van der Waals surface area contributed by atoms with E-state index >= 15 is 0 Å². The van der Waals surface area contributed by atoms with Gasteiger partial charge in [-0.05, 0) is 45.2 Å². The van der Waals surface area contributed by atoms with Gasteiger partial charge in [0.2, 0.25) is 0 Å². The number of fused-ring (bicyclic) bond motifs is 1. The predicted octanol–water partition coefficient (Wildman–Crippen LogP) is 2.56. The molecule has 2 aliphatic heterocycles. The van der Waals surface area contributed by atoms with Gasteiger partial charge in [-0.2, -0.15) is 0 Å². The van der Waals surface area contributed by atoms with Crippen LogP contribution in [0.4, 0.5) is 5.69 Å². The van der Waals surface area contributed by atoms with Gasteiger partial charge in [0.1, 0.15) is 12.4 Å². The number of carboxylic acid groups (broad SMARTS) is 1. The number of anilines is 1. The van der Waals surface area contributed by atoms with Crippen LogP contribution in [0.2, 0.25) is 0 Å². The molecule has 3 N–H and O–H groups in total. The Morgan fingerprint density at radius 1 is 1.35 bits per heavy atom. The Balaban J connectivity index is 1.71. The molecule has 0 saturated carbocycles. The summed E-state index contributed by atoms with van der Waals surface area (Å²) in [5.41, 5.74) is 10.5. The summed E-state index contributed by atoms with van der Waals surface area (Å²) in [7, 11) is 1.58. The van der Waals surface area contributed by atoms with E-state index in [1.807, 2.05) is 19.9 Å². The Kier molecular flexibility index (Phi) is 7.56. The van der Waals surface area contributed by atoms with Crippen molar-refractivity contribution in [2.45, 2.75) is 39.7 Å². The lowest BCUT2D eigenvalue weighted by atomic mass is 9.92. The second-order valence-corrected chi connectivity index (χ2v) is 8.22. The molecule has 0 aromatic heterocycles. The number of benzene rings is 1. The lowest BCUT2D eigenvalue weighted by molar-refractivity contribution is -0.142. The third kappa shape index (κ3) is 5.19. The van der Waals surface area contributed by atoms with Gasteiger partial charge >= 0.3 is 11.9 Å². The van der Waals surface area contributed by atoms with Crippen LogP contribution in [0.5, 0.6) is 5.75 Å². The van der Waals surface area contributed by atoms with Crippen molar-refractivity contribution in [3.63, 3.8) is 0 Å². The molecule has 0 radical (unpaired) electrons. The number of morpholine rings is 1. The number of hydrogen-bond acceptors (Lipinski definition) is 7. The number of hydrogen-bond donors (Lipinski definition) is 2. The van der Waals surface area contributed by atoms with Crippen molar-refractivity contribution in [3.05, 3.63) is 33.9 Å². The summed E-state index contributed by atoms with van der Waals surface area (Å²) in [6.07, 6.45) is 3.49. The highest BCUT2D eigenvalue weighted by Gasteiger charge is 2.30. The van der Waals surface area contributed by atoms with Crippen molar-refractivity contribution in [1.29, 1.82) is 0 Å². The summed E-state index contributed by atoms with van der Waals surface area (Å²) in [5.74, 6) is -0.987. The monoisotopic (exact) mass is 432 g/mol. The van der Waals surface area contributed by atoms with Gasteiger partial charge in [0.15, 0.2) is 0 Å². The molecule has 1 unspecified atom stereocenters. The Bertz CT molecular complexity index is 874. The van der Waals surface area contributed by atoms with E-state index in [1.54, 1.807) is 7.11 Å². The van der Waals surface area contributed by atoms with Gasteiger partial charge in [0, 0.05) is 24.2 Å². The van der Waals surface area contributed by atoms with Gasteiger partial charge in [-0.1, -0.05) is 11.6 Å². The second-order valence-electron chi connectivity index (χ2n) is 8.22. The van der Waals surface area contributed by atoms with Crippen LogP contribution in [0, 0.1) is 12.8 Å². The molecule has 1 atom stereocenters. The van der Waals surface area contributed by atoms with E-state index in [2.05, 4.69) is 4.90 Å². The molecule has 1 aromatic carbocycles. The smallest absolute Gasteiger partial charge is 0.341 e. The summed E-state index contributed by atoms with van der Waals surface area (Å²) >= 11 is 0. The maximum Gasteiger partial charge on any atom is 0.341 e. The zero-order valence-corrected chi connectivity index (χ0v) is 18.5. The van der Waals surface area contributed by atoms with Crippen molar-refractivity contribution in [2.75, 3.05) is 45.7 Å². The number of carbonyl (C=O) groups is 2. The number of allylic oxidation sites excluding steroid dienone is 2. The zero-order chi connectivity index (χ0) is 22.5. The summed E-state index contributed by atoms with van der Waals surface area (Å²) < 4.78 is 16.1. The van der Waals surface area contributed by atoms with Gasteiger partial charge in [0.25, 0.3) is 0 Å². The highest BCUT2D eigenvalue weighted by atomic mass is 16.5. The summed E-state index contributed by atoms with van der Waals surface area (Å²) in [5, 5.41) is 9.67. The van der Waals surface area contributed by atoms with Crippen molar-refractivity contribution >= 4 is 17.6 Å². The predicted molar refractivity (Wildman–Crippen MR) is 116 cm³/mol. The topological polar surface area (TPSA) is 111 Å². The first-order chi connectivity index (χ1) is 14.8. The summed E-state index contributed by atoms with van der Waals surface area (Å²) in [6.45, 7) is 7.88. The normalized spacial score (nSPS) is 17.9. The number of carboxylic acids is 1. The number of ether oxygens (including phenoxy) is 3. The number of carbonyl (C=O) groups excluding carboxylic acids is 1. The third-order valence-corrected chi connectivity index (χ3v) is 6.19. The number of nitrogens with zero attached hydrogens (tertiary/aromatic N) is 1. The first-order valence-corrected chi connectivity index (χ1v) is 10.7. The van der Waals surface area contributed by atoms with Crippen molar-refractivity contribution < 1.29 is 28.9 Å². The van der Waals surface area contributed by atoms with Gasteiger partial charge < -0.3 is 25.1 Å². The van der Waals surface area contributed by atoms with E-state index < -0.39 is 17.9 Å². The minimum Gasteiger partial charge on any atom is -0.496 e. The number of esters is 1. The number of cyclic esters (lactones) is 1. The fourth-order valence-corrected chi connectivity index (χ4v) is 4.31. The van der Waals surface area contributed by atoms with Gasteiger partial charge in [-0.3, -0.25) is 9.69 Å². The van der Waals surface area contributed by atoms with Gasteiger partial charge in [-0.15, -0.1) is 0 Å². The highest BCUT2D eigenvalue weighted by molar-refractivity contribution is 6.00. The Hall–Kier alpha value is -2.58. The van der Waals surface area contributed by atoms with Crippen molar-refractivity contribution in [1.82, 2.24) is 4.90 Å². The maximum atomic E-state index is 12.1. The Labute approximate surface area is 182 Å². The molecule has 0 spiro atoms. The molecule has 3 rings (SSSR count). The minimum atomic E-state index is -0.783. The maximum absolute atomic E-state index is 12.1. The second kappa shape index (κ2) is 10.2. The van der Waals surface area contributed by atoms with E-state index in [4.69, 9.17) is 19.9 Å². The average Bonchev–Trinajstić information content (AvgIpc) is 3.15. The van der Waals surface area contributed by atoms with Gasteiger partial charge in [0.05, 0.1) is 37.5 Å². The first kappa shape index (κ1) is 23.1. The van der Waals surface area contributed by atoms with Crippen LogP contribution >= 0.6 is 0 Å². The lowest BCUT2D eigenvalue weighted by Gasteiger charge is -2.27. The van der Waals surface area contributed by atoms with Crippen LogP contribution in [0.15, 0.2) is 11.6 Å². The summed E-state index contributed by atoms with van der Waals surface area (Å²) in [6, 6.07) is 0. The molecule has 2 heterocycles. The largest absolute Gasteiger partial charge is 0.496 e. The standard InChI is InChI=1S/C23H32N2O6/c1-14(12-16(22(26)27)6-7-25-8-10-30-11-9-25)4-5-17-20(24)19-18(13-31-23(19)28)15(2)21(17)29-3/h4,16H,5-13,24H2,1-3H3,(H,26,27)/b14-4+. The molecule has 0 aliphatic carbocycles. The molecule has 1 aromatic rings. The van der Waals surface area contributed by atoms with Crippen LogP contribution < -0.4 is 10.5 Å². The van der Waals surface area contributed by atoms with Crippen molar-refractivity contribution in [2.24, 2.45) is 5.92 Å². The quantitative estimate of drug-likeness (QED) is 0.348. The molecule has 31 heavy (non-hydrogen) atoms. The third-order valence-electron chi connectivity index (χ3n) is 6.19. The molecule has 0 amide bonds. The van der Waals surface area contributed by atoms with E-state index in [-0.39, 0.29) is 6.61 Å². The van der Waals surface area contributed by atoms with E-state index in [1.165, 1.54) is 0 Å². The van der Waals surface area contributed by atoms with Crippen LogP contribution in [0.1, 0.15) is 46.8 Å². The van der Waals surface area contributed by atoms with Crippen LogP contribution in [-0.2, 0) is 27.3 Å². The highest BCUT2D eigenvalue weighted by Crippen LogP contribution is 2.39. The molecular weight excluding hydrogens is 400 g/mol. The number of nitrogens with two attached hydrogens (primary N) is 1.